The van der Waals surface area contributed by atoms with Crippen molar-refractivity contribution in [3.63, 3.8) is 0 Å². The first-order valence-electron chi connectivity index (χ1n) is 6.19. The number of guanidine groups is 1. The van der Waals surface area contributed by atoms with Gasteiger partial charge in [-0.2, -0.15) is 0 Å². The lowest BCUT2D eigenvalue weighted by Gasteiger charge is -2.33. The Balaban J connectivity index is 0.00000289. The Bertz CT molecular complexity index is 284. The molecule has 0 bridgehead atoms. The quantitative estimate of drug-likeness (QED) is 0.354. The number of piperidine rings is 1. The van der Waals surface area contributed by atoms with Crippen LogP contribution in [-0.4, -0.2) is 50.6 Å². The first kappa shape index (κ1) is 17.5. The minimum atomic E-state index is -0.194. The molecule has 0 aromatic carbocycles. The second-order valence-corrected chi connectivity index (χ2v) is 4.49. The molecule has 5 nitrogen and oxygen atoms in total. The molecule has 18 heavy (non-hydrogen) atoms. The van der Waals surface area contributed by atoms with Gasteiger partial charge in [0, 0.05) is 26.7 Å². The molecule has 0 saturated carbocycles. The maximum Gasteiger partial charge on any atom is 0.307 e. The Labute approximate surface area is 126 Å². The Kier molecular flexibility index (Phi) is 9.13. The van der Waals surface area contributed by atoms with Crippen molar-refractivity contribution in [2.24, 2.45) is 10.9 Å². The van der Waals surface area contributed by atoms with Gasteiger partial charge in [-0.25, -0.2) is 0 Å². The zero-order valence-electron chi connectivity index (χ0n) is 11.4. The summed E-state index contributed by atoms with van der Waals surface area (Å²) in [6.07, 6.45) is 2.87. The summed E-state index contributed by atoms with van der Waals surface area (Å²) >= 11 is 0. The topological polar surface area (TPSA) is 53.9 Å². The van der Waals surface area contributed by atoms with Crippen molar-refractivity contribution in [1.82, 2.24) is 10.2 Å². The van der Waals surface area contributed by atoms with E-state index in [0.717, 1.165) is 19.0 Å². The average Bonchev–Trinajstić information content (AvgIpc) is 2.34. The predicted octanol–water partition coefficient (Wildman–Crippen LogP) is 1.47. The molecule has 1 unspecified atom stereocenters. The highest BCUT2D eigenvalue weighted by Crippen LogP contribution is 2.15. The lowest BCUT2D eigenvalue weighted by Crippen LogP contribution is -2.46. The summed E-state index contributed by atoms with van der Waals surface area (Å²) in [6, 6.07) is 0. The molecule has 0 aromatic heterocycles. The lowest BCUT2D eigenvalue weighted by molar-refractivity contribution is -0.140. The minimum Gasteiger partial charge on any atom is -0.469 e. The molecule has 1 fully saturated rings. The Morgan fingerprint density at radius 1 is 1.56 bits per heavy atom. The number of nitrogens with zero attached hydrogens (tertiary/aromatic N) is 2. The monoisotopic (exact) mass is 369 g/mol. The van der Waals surface area contributed by atoms with E-state index in [-0.39, 0.29) is 29.9 Å². The van der Waals surface area contributed by atoms with Crippen LogP contribution >= 0.6 is 24.0 Å². The molecule has 1 atom stereocenters. The van der Waals surface area contributed by atoms with E-state index in [0.29, 0.717) is 18.9 Å². The van der Waals surface area contributed by atoms with Crippen LogP contribution in [0.1, 0.15) is 26.2 Å². The van der Waals surface area contributed by atoms with Crippen LogP contribution in [0.2, 0.25) is 0 Å². The number of rotatable bonds is 3. The lowest BCUT2D eigenvalue weighted by atomic mass is 10.0. The van der Waals surface area contributed by atoms with Crippen LogP contribution in [-0.2, 0) is 9.53 Å². The van der Waals surface area contributed by atoms with Crippen LogP contribution in [0.25, 0.3) is 0 Å². The zero-order valence-corrected chi connectivity index (χ0v) is 13.8. The van der Waals surface area contributed by atoms with Gasteiger partial charge < -0.3 is 15.0 Å². The number of ether oxygens (including phenoxy) is 1. The fraction of sp³-hybridized carbons (Fsp3) is 0.833. The van der Waals surface area contributed by atoms with Crippen molar-refractivity contribution in [3.8, 4) is 0 Å². The van der Waals surface area contributed by atoms with Crippen LogP contribution in [0.5, 0.6) is 0 Å². The van der Waals surface area contributed by atoms with Gasteiger partial charge in [-0.1, -0.05) is 6.92 Å². The molecule has 106 valence electrons. The Hall–Kier alpha value is -0.530. The maximum atomic E-state index is 11.0. The number of hydrogen-bond acceptors (Lipinski definition) is 3. The highest BCUT2D eigenvalue weighted by Gasteiger charge is 2.18. The number of esters is 1. The number of aliphatic imine (C=N–C) groups is 1. The van der Waals surface area contributed by atoms with Crippen LogP contribution in [0.3, 0.4) is 0 Å². The molecule has 1 rings (SSSR count). The molecule has 1 heterocycles. The summed E-state index contributed by atoms with van der Waals surface area (Å²) in [5.74, 6) is 1.41. The van der Waals surface area contributed by atoms with Crippen LogP contribution < -0.4 is 5.32 Å². The van der Waals surface area contributed by atoms with Gasteiger partial charge >= 0.3 is 5.97 Å². The number of carbonyl (C=O) groups excluding carboxylic acids is 1. The van der Waals surface area contributed by atoms with E-state index in [4.69, 9.17) is 0 Å². The van der Waals surface area contributed by atoms with Crippen molar-refractivity contribution in [3.05, 3.63) is 0 Å². The van der Waals surface area contributed by atoms with Crippen molar-refractivity contribution in [1.29, 1.82) is 0 Å². The van der Waals surface area contributed by atoms with Crippen LogP contribution in [0, 0.1) is 5.92 Å². The number of nitrogens with one attached hydrogen (secondary N) is 1. The molecular formula is C12H24IN3O2. The summed E-state index contributed by atoms with van der Waals surface area (Å²) < 4.78 is 4.60. The normalized spacial score (nSPS) is 20.1. The van der Waals surface area contributed by atoms with Crippen molar-refractivity contribution in [2.75, 3.05) is 33.8 Å². The van der Waals surface area contributed by atoms with Crippen molar-refractivity contribution >= 4 is 35.9 Å². The molecule has 1 N–H and O–H groups in total. The third kappa shape index (κ3) is 5.88. The second kappa shape index (κ2) is 9.41. The minimum absolute atomic E-state index is 0. The number of carbonyl (C=O) groups is 1. The third-order valence-electron chi connectivity index (χ3n) is 3.01. The highest BCUT2D eigenvalue weighted by atomic mass is 127. The number of likely N-dealkylation sites (tertiary alicyclic amines) is 1. The molecule has 0 amide bonds. The largest absolute Gasteiger partial charge is 0.469 e. The average molecular weight is 369 g/mol. The second-order valence-electron chi connectivity index (χ2n) is 4.49. The number of halogens is 1. The Morgan fingerprint density at radius 2 is 2.28 bits per heavy atom. The standard InChI is InChI=1S/C12H23N3O2.HI/c1-10-5-4-8-15(9-10)12(13-2)14-7-6-11(16)17-3;/h10H,4-9H2,1-3H3,(H,13,14);1H. The van der Waals surface area contributed by atoms with E-state index >= 15 is 0 Å². The molecule has 1 aliphatic heterocycles. The fourth-order valence-corrected chi connectivity index (χ4v) is 2.09. The smallest absolute Gasteiger partial charge is 0.307 e. The maximum absolute atomic E-state index is 11.0. The summed E-state index contributed by atoms with van der Waals surface area (Å²) in [5, 5.41) is 3.20. The molecule has 1 aliphatic rings. The van der Waals surface area contributed by atoms with Gasteiger partial charge in [0.1, 0.15) is 0 Å². The van der Waals surface area contributed by atoms with Gasteiger partial charge in [-0.15, -0.1) is 24.0 Å². The molecular weight excluding hydrogens is 345 g/mol. The van der Waals surface area contributed by atoms with Crippen LogP contribution in [0.4, 0.5) is 0 Å². The van der Waals surface area contributed by atoms with Gasteiger partial charge in [-0.05, 0) is 18.8 Å². The summed E-state index contributed by atoms with van der Waals surface area (Å²) in [5.41, 5.74) is 0. The van der Waals surface area contributed by atoms with E-state index in [1.807, 2.05) is 0 Å². The first-order valence-corrected chi connectivity index (χ1v) is 6.19. The summed E-state index contributed by atoms with van der Waals surface area (Å²) in [7, 11) is 3.18. The number of hydrogen-bond donors (Lipinski definition) is 1. The van der Waals surface area contributed by atoms with Gasteiger partial charge in [-0.3, -0.25) is 9.79 Å². The fourth-order valence-electron chi connectivity index (χ4n) is 2.09. The summed E-state index contributed by atoms with van der Waals surface area (Å²) in [6.45, 7) is 4.91. The van der Waals surface area contributed by atoms with E-state index in [1.165, 1.54) is 20.0 Å². The molecule has 0 aromatic rings. The van der Waals surface area contributed by atoms with Crippen molar-refractivity contribution in [2.45, 2.75) is 26.2 Å². The number of methoxy groups -OCH3 is 1. The highest BCUT2D eigenvalue weighted by molar-refractivity contribution is 14.0. The molecule has 0 spiro atoms. The molecule has 1 saturated heterocycles. The van der Waals surface area contributed by atoms with Crippen molar-refractivity contribution < 1.29 is 9.53 Å². The first-order chi connectivity index (χ1) is 8.17. The Morgan fingerprint density at radius 3 is 2.83 bits per heavy atom. The predicted molar refractivity (Wildman–Crippen MR) is 83.4 cm³/mol. The molecule has 0 radical (unpaired) electrons. The molecule has 6 heteroatoms. The zero-order chi connectivity index (χ0) is 12.7. The van der Waals surface area contributed by atoms with Crippen LogP contribution in [0.15, 0.2) is 4.99 Å². The van der Waals surface area contributed by atoms with E-state index in [9.17, 15) is 4.79 Å². The third-order valence-corrected chi connectivity index (χ3v) is 3.01. The van der Waals surface area contributed by atoms with E-state index in [2.05, 4.69) is 26.9 Å². The van der Waals surface area contributed by atoms with E-state index < -0.39 is 0 Å². The molecule has 0 aliphatic carbocycles. The van der Waals surface area contributed by atoms with E-state index in [1.54, 1.807) is 7.05 Å². The summed E-state index contributed by atoms with van der Waals surface area (Å²) in [4.78, 5) is 17.5. The van der Waals surface area contributed by atoms with Gasteiger partial charge in [0.05, 0.1) is 13.5 Å². The van der Waals surface area contributed by atoms with Gasteiger partial charge in [0.2, 0.25) is 0 Å². The van der Waals surface area contributed by atoms with Gasteiger partial charge in [0.15, 0.2) is 5.96 Å². The van der Waals surface area contributed by atoms with Gasteiger partial charge in [0.25, 0.3) is 0 Å². The SMILES string of the molecule is CN=C(NCCC(=O)OC)N1CCCC(C)C1.I.